The lowest BCUT2D eigenvalue weighted by Crippen LogP contribution is -2.13. The van der Waals surface area contributed by atoms with Crippen molar-refractivity contribution < 1.29 is 14.6 Å². The number of aromatic hydroxyl groups is 1. The molecule has 3 rings (SSSR count). The van der Waals surface area contributed by atoms with Crippen molar-refractivity contribution in [1.82, 2.24) is 4.98 Å². The van der Waals surface area contributed by atoms with E-state index in [-0.39, 0.29) is 17.5 Å². The molecular weight excluding hydrogens is 268 g/mol. The van der Waals surface area contributed by atoms with Gasteiger partial charge in [0.15, 0.2) is 11.6 Å². The number of rotatable bonds is 5. The molecule has 0 bridgehead atoms. The van der Waals surface area contributed by atoms with Crippen LogP contribution in [0.4, 0.5) is 5.82 Å². The van der Waals surface area contributed by atoms with E-state index in [4.69, 9.17) is 4.74 Å². The summed E-state index contributed by atoms with van der Waals surface area (Å²) < 4.78 is 5.62. The van der Waals surface area contributed by atoms with Gasteiger partial charge < -0.3 is 15.2 Å². The predicted octanol–water partition coefficient (Wildman–Crippen LogP) is 2.83. The normalized spacial score (nSPS) is 13.7. The molecule has 0 unspecified atom stereocenters. The SMILES string of the molecule is O=C(Nc1ncccc1O)c1ccc(OCC2CC2)cc1. The number of pyridine rings is 1. The third-order valence-corrected chi connectivity index (χ3v) is 3.32. The van der Waals surface area contributed by atoms with E-state index in [9.17, 15) is 9.90 Å². The van der Waals surface area contributed by atoms with E-state index in [2.05, 4.69) is 10.3 Å². The number of aromatic nitrogens is 1. The molecule has 0 spiro atoms. The van der Waals surface area contributed by atoms with Gasteiger partial charge >= 0.3 is 0 Å². The number of hydrogen-bond donors (Lipinski definition) is 2. The zero-order valence-corrected chi connectivity index (χ0v) is 11.5. The molecule has 1 aromatic carbocycles. The lowest BCUT2D eigenvalue weighted by atomic mass is 10.2. The maximum absolute atomic E-state index is 12.1. The van der Waals surface area contributed by atoms with Gasteiger partial charge in [-0.2, -0.15) is 0 Å². The zero-order valence-electron chi connectivity index (χ0n) is 11.5. The molecule has 5 heteroatoms. The van der Waals surface area contributed by atoms with Crippen LogP contribution in [0.25, 0.3) is 0 Å². The molecule has 1 fully saturated rings. The summed E-state index contributed by atoms with van der Waals surface area (Å²) >= 11 is 0. The molecule has 0 aliphatic heterocycles. The van der Waals surface area contributed by atoms with Gasteiger partial charge in [-0.3, -0.25) is 4.79 Å². The average molecular weight is 284 g/mol. The van der Waals surface area contributed by atoms with Gasteiger partial charge in [0.2, 0.25) is 0 Å². The van der Waals surface area contributed by atoms with E-state index in [1.807, 2.05) is 0 Å². The highest BCUT2D eigenvalue weighted by atomic mass is 16.5. The average Bonchev–Trinajstić information content (AvgIpc) is 3.32. The lowest BCUT2D eigenvalue weighted by molar-refractivity contribution is 0.102. The third-order valence-electron chi connectivity index (χ3n) is 3.32. The molecule has 0 saturated heterocycles. The quantitative estimate of drug-likeness (QED) is 0.885. The van der Waals surface area contributed by atoms with Gasteiger partial charge in [0, 0.05) is 11.8 Å². The van der Waals surface area contributed by atoms with E-state index in [0.29, 0.717) is 11.5 Å². The standard InChI is InChI=1S/C16H16N2O3/c19-14-2-1-9-17-15(14)18-16(20)12-5-7-13(8-6-12)21-10-11-3-4-11/h1-2,5-9,11,19H,3-4,10H2,(H,17,18,20). The Bertz CT molecular complexity index is 636. The van der Waals surface area contributed by atoms with Gasteiger partial charge in [-0.05, 0) is 55.2 Å². The number of anilines is 1. The van der Waals surface area contributed by atoms with Crippen molar-refractivity contribution in [2.75, 3.05) is 11.9 Å². The monoisotopic (exact) mass is 284 g/mol. The highest BCUT2D eigenvalue weighted by molar-refractivity contribution is 6.04. The minimum absolute atomic E-state index is 0.0600. The maximum atomic E-state index is 12.1. The first-order chi connectivity index (χ1) is 10.2. The van der Waals surface area contributed by atoms with Crippen molar-refractivity contribution in [3.63, 3.8) is 0 Å². The summed E-state index contributed by atoms with van der Waals surface area (Å²) in [4.78, 5) is 16.0. The first-order valence-electron chi connectivity index (χ1n) is 6.90. The largest absolute Gasteiger partial charge is 0.504 e. The molecule has 0 radical (unpaired) electrons. The van der Waals surface area contributed by atoms with E-state index in [1.165, 1.54) is 25.1 Å². The molecule has 2 aromatic rings. The summed E-state index contributed by atoms with van der Waals surface area (Å²) in [5.74, 6) is 1.23. The van der Waals surface area contributed by atoms with Crippen molar-refractivity contribution >= 4 is 11.7 Å². The van der Waals surface area contributed by atoms with Gasteiger partial charge in [-0.25, -0.2) is 4.98 Å². The van der Waals surface area contributed by atoms with Crippen molar-refractivity contribution in [1.29, 1.82) is 0 Å². The number of nitrogens with one attached hydrogen (secondary N) is 1. The Labute approximate surface area is 122 Å². The fraction of sp³-hybridized carbons (Fsp3) is 0.250. The van der Waals surface area contributed by atoms with Crippen LogP contribution in [0, 0.1) is 5.92 Å². The fourth-order valence-electron chi connectivity index (χ4n) is 1.87. The summed E-state index contributed by atoms with van der Waals surface area (Å²) in [6, 6.07) is 9.99. The molecule has 21 heavy (non-hydrogen) atoms. The van der Waals surface area contributed by atoms with Crippen LogP contribution in [0.15, 0.2) is 42.6 Å². The van der Waals surface area contributed by atoms with Crippen LogP contribution >= 0.6 is 0 Å². The Morgan fingerprint density at radius 3 is 2.71 bits per heavy atom. The van der Waals surface area contributed by atoms with Crippen molar-refractivity contribution in [2.24, 2.45) is 5.92 Å². The van der Waals surface area contributed by atoms with Crippen molar-refractivity contribution in [3.05, 3.63) is 48.2 Å². The zero-order chi connectivity index (χ0) is 14.7. The number of hydrogen-bond acceptors (Lipinski definition) is 4. The molecule has 1 aliphatic rings. The van der Waals surface area contributed by atoms with E-state index < -0.39 is 0 Å². The molecule has 0 atom stereocenters. The van der Waals surface area contributed by atoms with Crippen molar-refractivity contribution in [2.45, 2.75) is 12.8 Å². The van der Waals surface area contributed by atoms with Gasteiger partial charge in [0.25, 0.3) is 5.91 Å². The number of carbonyl (C=O) groups is 1. The molecule has 1 saturated carbocycles. The van der Waals surface area contributed by atoms with Crippen LogP contribution in [0.2, 0.25) is 0 Å². The summed E-state index contributed by atoms with van der Waals surface area (Å²) in [6.45, 7) is 0.743. The van der Waals surface area contributed by atoms with Crippen LogP contribution in [0.5, 0.6) is 11.5 Å². The number of carbonyl (C=O) groups excluding carboxylic acids is 1. The molecule has 1 heterocycles. The van der Waals surface area contributed by atoms with E-state index in [0.717, 1.165) is 12.4 Å². The Kier molecular flexibility index (Phi) is 3.73. The first kappa shape index (κ1) is 13.4. The predicted molar refractivity (Wildman–Crippen MR) is 78.5 cm³/mol. The second kappa shape index (κ2) is 5.83. The third kappa shape index (κ3) is 3.51. The van der Waals surface area contributed by atoms with E-state index >= 15 is 0 Å². The first-order valence-corrected chi connectivity index (χ1v) is 6.90. The topological polar surface area (TPSA) is 71.5 Å². The number of amides is 1. The number of benzene rings is 1. The van der Waals surface area contributed by atoms with Gasteiger partial charge in [0.05, 0.1) is 6.61 Å². The summed E-state index contributed by atoms with van der Waals surface area (Å²) in [7, 11) is 0. The maximum Gasteiger partial charge on any atom is 0.256 e. The van der Waals surface area contributed by atoms with Gasteiger partial charge in [-0.15, -0.1) is 0 Å². The van der Waals surface area contributed by atoms with Crippen LogP contribution in [-0.4, -0.2) is 22.6 Å². The highest BCUT2D eigenvalue weighted by Crippen LogP contribution is 2.29. The Hall–Kier alpha value is -2.56. The van der Waals surface area contributed by atoms with Gasteiger partial charge in [0.1, 0.15) is 5.75 Å². The fourth-order valence-corrected chi connectivity index (χ4v) is 1.87. The second-order valence-electron chi connectivity index (χ2n) is 5.10. The number of ether oxygens (including phenoxy) is 1. The molecular formula is C16H16N2O3. The minimum atomic E-state index is -0.322. The van der Waals surface area contributed by atoms with Crippen molar-refractivity contribution in [3.8, 4) is 11.5 Å². The molecule has 2 N–H and O–H groups in total. The minimum Gasteiger partial charge on any atom is -0.504 e. The smallest absolute Gasteiger partial charge is 0.256 e. The molecule has 1 aliphatic carbocycles. The Morgan fingerprint density at radius 2 is 2.05 bits per heavy atom. The molecule has 5 nitrogen and oxygen atoms in total. The molecule has 108 valence electrons. The Morgan fingerprint density at radius 1 is 1.29 bits per heavy atom. The van der Waals surface area contributed by atoms with Crippen LogP contribution in [0.1, 0.15) is 23.2 Å². The van der Waals surface area contributed by atoms with Gasteiger partial charge in [-0.1, -0.05) is 0 Å². The van der Waals surface area contributed by atoms with E-state index in [1.54, 1.807) is 30.3 Å². The second-order valence-corrected chi connectivity index (χ2v) is 5.10. The van der Waals surface area contributed by atoms with Crippen LogP contribution in [-0.2, 0) is 0 Å². The summed E-state index contributed by atoms with van der Waals surface area (Å²) in [5, 5.41) is 12.1. The molecule has 1 amide bonds. The Balaban J connectivity index is 1.62. The summed E-state index contributed by atoms with van der Waals surface area (Å²) in [5.41, 5.74) is 0.485. The number of nitrogens with zero attached hydrogens (tertiary/aromatic N) is 1. The lowest BCUT2D eigenvalue weighted by Gasteiger charge is -2.08. The van der Waals surface area contributed by atoms with Crippen LogP contribution < -0.4 is 10.1 Å². The van der Waals surface area contributed by atoms with Crippen LogP contribution in [0.3, 0.4) is 0 Å². The summed E-state index contributed by atoms with van der Waals surface area (Å²) in [6.07, 6.45) is 3.99. The highest BCUT2D eigenvalue weighted by Gasteiger charge is 2.21. The molecule has 1 aromatic heterocycles.